The molecule has 3 aromatic carbocycles. The van der Waals surface area contributed by atoms with Gasteiger partial charge in [0.05, 0.1) is 35.1 Å². The van der Waals surface area contributed by atoms with Crippen LogP contribution in [0.2, 0.25) is 0 Å². The fraction of sp³-hybridized carbons (Fsp3) is 0.179. The molecule has 2 saturated heterocycles. The fourth-order valence-corrected chi connectivity index (χ4v) is 6.19. The molecule has 3 aliphatic rings. The van der Waals surface area contributed by atoms with Crippen LogP contribution in [0.1, 0.15) is 15.9 Å². The number of nitrogens with zero attached hydrogens (tertiary/aromatic N) is 2. The van der Waals surface area contributed by atoms with Crippen molar-refractivity contribution in [3.05, 3.63) is 94.2 Å². The normalized spacial score (nSPS) is 24.0. The smallest absolute Gasteiger partial charge is 0.240 e. The van der Waals surface area contributed by atoms with E-state index in [0.29, 0.717) is 21.5 Å². The Hall–Kier alpha value is -3.78. The molecule has 0 bridgehead atoms. The number of halogens is 2. The number of carbonyl (C=O) groups excluding carboxylic acids is 3. The number of amides is 2. The molecule has 0 saturated carbocycles. The first-order chi connectivity index (χ1) is 17.4. The lowest BCUT2D eigenvalue weighted by molar-refractivity contribution is -0.122. The summed E-state index contributed by atoms with van der Waals surface area (Å²) in [5, 5.41) is 0. The molecule has 4 atom stereocenters. The highest BCUT2D eigenvalue weighted by molar-refractivity contribution is 9.10. The lowest BCUT2D eigenvalue weighted by Crippen LogP contribution is -2.48. The number of Topliss-reactive ketones (excluding diaryl/α,β-unsaturated/α-hetero) is 1. The molecular formula is C28H20BrFN2O4. The van der Waals surface area contributed by atoms with E-state index in [9.17, 15) is 18.8 Å². The highest BCUT2D eigenvalue weighted by Gasteiger charge is 2.64. The molecule has 3 aromatic rings. The fourth-order valence-electron chi connectivity index (χ4n) is 5.65. The second kappa shape index (κ2) is 8.41. The summed E-state index contributed by atoms with van der Waals surface area (Å²) >= 11 is 3.44. The summed E-state index contributed by atoms with van der Waals surface area (Å²) in [6.45, 7) is 0. The predicted octanol–water partition coefficient (Wildman–Crippen LogP) is 4.87. The van der Waals surface area contributed by atoms with Crippen LogP contribution in [0.25, 0.3) is 6.08 Å². The first kappa shape index (κ1) is 22.7. The van der Waals surface area contributed by atoms with Crippen molar-refractivity contribution < 1.29 is 23.5 Å². The Balaban J connectivity index is 1.48. The predicted molar refractivity (Wildman–Crippen MR) is 136 cm³/mol. The summed E-state index contributed by atoms with van der Waals surface area (Å²) in [4.78, 5) is 44.6. The van der Waals surface area contributed by atoms with E-state index in [1.54, 1.807) is 18.2 Å². The van der Waals surface area contributed by atoms with Gasteiger partial charge in [-0.15, -0.1) is 0 Å². The summed E-state index contributed by atoms with van der Waals surface area (Å²) < 4.78 is 19.5. The maximum absolute atomic E-state index is 14.1. The molecule has 3 heterocycles. The Bertz CT molecular complexity index is 1450. The van der Waals surface area contributed by atoms with Crippen molar-refractivity contribution in [3.63, 3.8) is 0 Å². The Kier molecular flexibility index (Phi) is 5.30. The van der Waals surface area contributed by atoms with Crippen LogP contribution >= 0.6 is 15.9 Å². The highest BCUT2D eigenvalue weighted by atomic mass is 79.9. The van der Waals surface area contributed by atoms with Crippen LogP contribution in [-0.4, -0.2) is 36.8 Å². The van der Waals surface area contributed by atoms with Crippen LogP contribution in [0.3, 0.4) is 0 Å². The Morgan fingerprint density at radius 3 is 2.42 bits per heavy atom. The minimum absolute atomic E-state index is 0.261. The Morgan fingerprint density at radius 2 is 1.69 bits per heavy atom. The molecule has 36 heavy (non-hydrogen) atoms. The molecule has 0 unspecified atom stereocenters. The van der Waals surface area contributed by atoms with Crippen molar-refractivity contribution in [2.24, 2.45) is 11.8 Å². The van der Waals surface area contributed by atoms with E-state index in [2.05, 4.69) is 15.9 Å². The zero-order chi connectivity index (χ0) is 25.1. The van der Waals surface area contributed by atoms with Crippen molar-refractivity contribution >= 4 is 51.0 Å². The minimum atomic E-state index is -0.895. The minimum Gasteiger partial charge on any atom is -0.496 e. The number of para-hydroxylation sites is 1. The summed E-state index contributed by atoms with van der Waals surface area (Å²) in [7, 11) is 1.54. The third kappa shape index (κ3) is 3.24. The summed E-state index contributed by atoms with van der Waals surface area (Å²) in [5.74, 6) is -2.63. The molecule has 0 N–H and O–H groups in total. The number of carbonyl (C=O) groups is 3. The van der Waals surface area contributed by atoms with Crippen LogP contribution in [0.15, 0.2) is 77.3 Å². The van der Waals surface area contributed by atoms with Gasteiger partial charge in [-0.25, -0.2) is 9.29 Å². The van der Waals surface area contributed by atoms with Gasteiger partial charge in [0.2, 0.25) is 11.8 Å². The Morgan fingerprint density at radius 1 is 0.972 bits per heavy atom. The average Bonchev–Trinajstić information content (AvgIpc) is 3.37. The van der Waals surface area contributed by atoms with E-state index in [1.807, 2.05) is 41.3 Å². The Labute approximate surface area is 215 Å². The summed E-state index contributed by atoms with van der Waals surface area (Å²) in [5.41, 5.74) is 2.42. The molecule has 3 aliphatic heterocycles. The quantitative estimate of drug-likeness (QED) is 0.345. The molecule has 0 aromatic heterocycles. The topological polar surface area (TPSA) is 66.9 Å². The van der Waals surface area contributed by atoms with Crippen LogP contribution in [-0.2, 0) is 9.59 Å². The van der Waals surface area contributed by atoms with Gasteiger partial charge in [-0.05, 0) is 70.0 Å². The van der Waals surface area contributed by atoms with E-state index in [-0.39, 0.29) is 11.7 Å². The largest absolute Gasteiger partial charge is 0.496 e. The van der Waals surface area contributed by atoms with Crippen molar-refractivity contribution in [2.75, 3.05) is 16.9 Å². The zero-order valence-corrected chi connectivity index (χ0v) is 20.7. The van der Waals surface area contributed by atoms with Gasteiger partial charge in [0.15, 0.2) is 5.78 Å². The van der Waals surface area contributed by atoms with Crippen molar-refractivity contribution in [2.45, 2.75) is 12.1 Å². The second-order valence-corrected chi connectivity index (χ2v) is 9.87. The molecule has 6 nitrogen and oxygen atoms in total. The molecule has 6 rings (SSSR count). The van der Waals surface area contributed by atoms with Crippen molar-refractivity contribution in [1.82, 2.24) is 0 Å². The van der Waals surface area contributed by atoms with Gasteiger partial charge in [-0.1, -0.05) is 30.4 Å². The molecule has 180 valence electrons. The SMILES string of the molecule is COc1ccc(C(=O)[C@@H]2[C@@H]3C(=O)N(c4ccc(F)cc4)C(=O)[C@H]3[C@@H]3C=Cc4ccccc4N23)cc1Br. The van der Waals surface area contributed by atoms with Crippen LogP contribution in [0.5, 0.6) is 5.75 Å². The number of hydrogen-bond donors (Lipinski definition) is 0. The summed E-state index contributed by atoms with van der Waals surface area (Å²) in [6, 6.07) is 16.5. The van der Waals surface area contributed by atoms with Gasteiger partial charge < -0.3 is 9.64 Å². The van der Waals surface area contributed by atoms with Gasteiger partial charge in [0.25, 0.3) is 0 Å². The van der Waals surface area contributed by atoms with Gasteiger partial charge in [0.1, 0.15) is 17.6 Å². The third-order valence-corrected chi connectivity index (χ3v) is 7.82. The van der Waals surface area contributed by atoms with Crippen LogP contribution in [0.4, 0.5) is 15.8 Å². The average molecular weight is 547 g/mol. The van der Waals surface area contributed by atoms with E-state index in [4.69, 9.17) is 4.74 Å². The third-order valence-electron chi connectivity index (χ3n) is 7.20. The number of rotatable bonds is 4. The highest BCUT2D eigenvalue weighted by Crippen LogP contribution is 2.50. The number of anilines is 2. The summed E-state index contributed by atoms with van der Waals surface area (Å²) in [6.07, 6.45) is 3.83. The number of ether oxygens (including phenoxy) is 1. The molecule has 2 amide bonds. The first-order valence-electron chi connectivity index (χ1n) is 11.5. The van der Waals surface area contributed by atoms with Gasteiger partial charge in [0, 0.05) is 11.3 Å². The number of methoxy groups -OCH3 is 1. The maximum atomic E-state index is 14.1. The molecular weight excluding hydrogens is 527 g/mol. The van der Waals surface area contributed by atoms with E-state index < -0.39 is 35.6 Å². The van der Waals surface area contributed by atoms with E-state index in [0.717, 1.165) is 16.2 Å². The van der Waals surface area contributed by atoms with E-state index >= 15 is 0 Å². The molecule has 0 radical (unpaired) electrons. The van der Waals surface area contributed by atoms with Gasteiger partial charge >= 0.3 is 0 Å². The van der Waals surface area contributed by atoms with Crippen LogP contribution < -0.4 is 14.5 Å². The second-order valence-electron chi connectivity index (χ2n) is 9.01. The zero-order valence-electron chi connectivity index (χ0n) is 19.1. The molecule has 2 fully saturated rings. The first-order valence-corrected chi connectivity index (χ1v) is 12.3. The van der Waals surface area contributed by atoms with E-state index in [1.165, 1.54) is 31.4 Å². The standard InChI is InChI=1S/C28H20BrFN2O4/c1-36-22-13-7-16(14-19(22)29)26(33)25-24-23(21-12-6-15-4-2-3-5-20(15)32(21)25)27(34)31(28(24)35)18-10-8-17(30)9-11-18/h2-14,21,23-25H,1H3/t21-,23-,24+,25-/m0/s1. The number of hydrogen-bond acceptors (Lipinski definition) is 5. The molecule has 0 aliphatic carbocycles. The van der Waals surface area contributed by atoms with Crippen molar-refractivity contribution in [1.29, 1.82) is 0 Å². The van der Waals surface area contributed by atoms with Crippen LogP contribution in [0, 0.1) is 17.7 Å². The van der Waals surface area contributed by atoms with Gasteiger partial charge in [-0.3, -0.25) is 14.4 Å². The maximum Gasteiger partial charge on any atom is 0.240 e. The molecule has 8 heteroatoms. The lowest BCUT2D eigenvalue weighted by atomic mass is 9.86. The number of benzene rings is 3. The lowest BCUT2D eigenvalue weighted by Gasteiger charge is -2.36. The van der Waals surface area contributed by atoms with Crippen molar-refractivity contribution in [3.8, 4) is 5.75 Å². The number of fused-ring (bicyclic) bond motifs is 5. The van der Waals surface area contributed by atoms with Gasteiger partial charge in [-0.2, -0.15) is 0 Å². The number of imide groups is 1. The molecule has 0 spiro atoms. The monoisotopic (exact) mass is 546 g/mol. The number of ketones is 1.